The number of fused-ring (bicyclic) bond motifs is 1. The predicted molar refractivity (Wildman–Crippen MR) is 113 cm³/mol. The second-order valence-electron chi connectivity index (χ2n) is 8.10. The van der Waals surface area contributed by atoms with Crippen LogP contribution in [0.15, 0.2) is 42.6 Å². The summed E-state index contributed by atoms with van der Waals surface area (Å²) < 4.78 is 1.91. The van der Waals surface area contributed by atoms with Crippen molar-refractivity contribution in [3.63, 3.8) is 0 Å². The zero-order chi connectivity index (χ0) is 22.5. The molecule has 1 aromatic carbocycles. The number of piperidine rings is 1. The van der Waals surface area contributed by atoms with E-state index in [4.69, 9.17) is 19.8 Å². The molecule has 0 spiro atoms. The lowest BCUT2D eigenvalue weighted by molar-refractivity contribution is -0.159. The molecular formula is C23H28N2O6. The highest BCUT2D eigenvalue weighted by atomic mass is 16.4. The smallest absolute Gasteiger partial charge is 0.414 e. The SMILES string of the molecule is Cn1cccc1C(=O)C1CCN([C@H]2Cc3ccccc3C[C@@H]2O)CC1.O=C(O)C(=O)O. The first kappa shape index (κ1) is 22.7. The van der Waals surface area contributed by atoms with Crippen LogP contribution in [0.2, 0.25) is 0 Å². The number of likely N-dealkylation sites (tertiary alicyclic amines) is 1. The lowest BCUT2D eigenvalue weighted by Gasteiger charge is -2.41. The maximum atomic E-state index is 12.7. The lowest BCUT2D eigenvalue weighted by Crippen LogP contribution is -2.51. The number of aromatic nitrogens is 1. The monoisotopic (exact) mass is 428 g/mol. The van der Waals surface area contributed by atoms with Crippen LogP contribution in [0.4, 0.5) is 0 Å². The van der Waals surface area contributed by atoms with E-state index in [1.165, 1.54) is 11.1 Å². The first-order valence-electron chi connectivity index (χ1n) is 10.4. The van der Waals surface area contributed by atoms with Gasteiger partial charge in [-0.1, -0.05) is 24.3 Å². The third kappa shape index (κ3) is 5.39. The summed E-state index contributed by atoms with van der Waals surface area (Å²) in [6, 6.07) is 12.5. The van der Waals surface area contributed by atoms with Gasteiger partial charge in [0.1, 0.15) is 0 Å². The van der Waals surface area contributed by atoms with Crippen LogP contribution in [-0.4, -0.2) is 67.7 Å². The van der Waals surface area contributed by atoms with Crippen molar-refractivity contribution in [1.29, 1.82) is 0 Å². The van der Waals surface area contributed by atoms with Crippen molar-refractivity contribution >= 4 is 17.7 Å². The van der Waals surface area contributed by atoms with E-state index in [1.807, 2.05) is 36.0 Å². The van der Waals surface area contributed by atoms with Crippen LogP contribution in [0, 0.1) is 5.92 Å². The number of hydrogen-bond acceptors (Lipinski definition) is 5. The van der Waals surface area contributed by atoms with Gasteiger partial charge in [0.2, 0.25) is 0 Å². The van der Waals surface area contributed by atoms with Gasteiger partial charge in [-0.05, 0) is 55.6 Å². The summed E-state index contributed by atoms with van der Waals surface area (Å²) in [5, 5.41) is 25.4. The van der Waals surface area contributed by atoms with Gasteiger partial charge < -0.3 is 19.9 Å². The molecule has 1 saturated heterocycles. The zero-order valence-electron chi connectivity index (χ0n) is 17.5. The van der Waals surface area contributed by atoms with Gasteiger partial charge in [-0.15, -0.1) is 0 Å². The fourth-order valence-electron chi connectivity index (χ4n) is 4.47. The number of aliphatic hydroxyl groups excluding tert-OH is 1. The molecular weight excluding hydrogens is 400 g/mol. The van der Waals surface area contributed by atoms with Crippen LogP contribution >= 0.6 is 0 Å². The molecule has 8 heteroatoms. The zero-order valence-corrected chi connectivity index (χ0v) is 17.5. The molecule has 0 radical (unpaired) electrons. The Bertz CT molecular complexity index is 933. The number of aryl methyl sites for hydroxylation is 1. The molecule has 2 atom stereocenters. The first-order chi connectivity index (χ1) is 14.8. The molecule has 1 aromatic heterocycles. The summed E-state index contributed by atoms with van der Waals surface area (Å²) in [6.45, 7) is 1.79. The normalized spacial score (nSPS) is 21.5. The minimum absolute atomic E-state index is 0.109. The molecule has 1 fully saturated rings. The van der Waals surface area contributed by atoms with Crippen LogP contribution in [-0.2, 0) is 29.5 Å². The number of Topliss-reactive ketones (excluding diaryl/α,β-unsaturated/α-hetero) is 1. The van der Waals surface area contributed by atoms with Crippen LogP contribution in [0.1, 0.15) is 34.5 Å². The fraction of sp³-hybridized carbons (Fsp3) is 0.435. The molecule has 0 bridgehead atoms. The molecule has 166 valence electrons. The van der Waals surface area contributed by atoms with E-state index in [1.54, 1.807) is 0 Å². The van der Waals surface area contributed by atoms with Gasteiger partial charge in [-0.25, -0.2) is 9.59 Å². The van der Waals surface area contributed by atoms with Crippen LogP contribution in [0.3, 0.4) is 0 Å². The minimum Gasteiger partial charge on any atom is -0.473 e. The number of nitrogens with zero attached hydrogens (tertiary/aromatic N) is 2. The molecule has 8 nitrogen and oxygen atoms in total. The number of carbonyl (C=O) groups excluding carboxylic acids is 1. The molecule has 0 saturated carbocycles. The Balaban J connectivity index is 0.000000401. The van der Waals surface area contributed by atoms with Crippen LogP contribution in [0.5, 0.6) is 0 Å². The number of carboxylic acid groups (broad SMARTS) is 2. The highest BCUT2D eigenvalue weighted by Crippen LogP contribution is 2.29. The van der Waals surface area contributed by atoms with E-state index >= 15 is 0 Å². The van der Waals surface area contributed by atoms with Crippen molar-refractivity contribution in [2.45, 2.75) is 37.8 Å². The molecule has 3 N–H and O–H groups in total. The van der Waals surface area contributed by atoms with E-state index in [9.17, 15) is 9.90 Å². The first-order valence-corrected chi connectivity index (χ1v) is 10.4. The third-order valence-corrected chi connectivity index (χ3v) is 6.17. The van der Waals surface area contributed by atoms with E-state index in [2.05, 4.69) is 23.1 Å². The summed E-state index contributed by atoms with van der Waals surface area (Å²) in [7, 11) is 1.93. The topological polar surface area (TPSA) is 120 Å². The average Bonchev–Trinajstić information content (AvgIpc) is 3.19. The Hall–Kier alpha value is -2.97. The summed E-state index contributed by atoms with van der Waals surface area (Å²) in [6.07, 6.45) is 5.04. The lowest BCUT2D eigenvalue weighted by atomic mass is 9.83. The van der Waals surface area contributed by atoms with Crippen molar-refractivity contribution in [2.75, 3.05) is 13.1 Å². The Labute approximate surface area is 180 Å². The molecule has 2 heterocycles. The summed E-state index contributed by atoms with van der Waals surface area (Å²) >= 11 is 0. The highest BCUT2D eigenvalue weighted by Gasteiger charge is 2.35. The number of benzene rings is 1. The summed E-state index contributed by atoms with van der Waals surface area (Å²) in [4.78, 5) is 33.3. The Morgan fingerprint density at radius 1 is 0.903 bits per heavy atom. The van der Waals surface area contributed by atoms with Crippen molar-refractivity contribution < 1.29 is 29.7 Å². The van der Waals surface area contributed by atoms with Gasteiger partial charge in [0.05, 0.1) is 11.8 Å². The minimum atomic E-state index is -1.82. The maximum Gasteiger partial charge on any atom is 0.414 e. The van der Waals surface area contributed by atoms with Crippen molar-refractivity contribution in [2.24, 2.45) is 13.0 Å². The van der Waals surface area contributed by atoms with E-state index in [0.29, 0.717) is 0 Å². The molecule has 31 heavy (non-hydrogen) atoms. The molecule has 0 amide bonds. The van der Waals surface area contributed by atoms with Gasteiger partial charge in [-0.2, -0.15) is 0 Å². The predicted octanol–water partition coefficient (Wildman–Crippen LogP) is 1.60. The van der Waals surface area contributed by atoms with Gasteiger partial charge in [0.25, 0.3) is 0 Å². The summed E-state index contributed by atoms with van der Waals surface area (Å²) in [5.74, 6) is -3.27. The van der Waals surface area contributed by atoms with Crippen molar-refractivity contribution in [3.8, 4) is 0 Å². The van der Waals surface area contributed by atoms with E-state index in [-0.39, 0.29) is 23.8 Å². The fourth-order valence-corrected chi connectivity index (χ4v) is 4.47. The van der Waals surface area contributed by atoms with Crippen molar-refractivity contribution in [1.82, 2.24) is 9.47 Å². The highest BCUT2D eigenvalue weighted by molar-refractivity contribution is 6.27. The molecule has 4 rings (SSSR count). The van der Waals surface area contributed by atoms with Gasteiger partial charge >= 0.3 is 11.9 Å². The second kappa shape index (κ2) is 9.89. The average molecular weight is 428 g/mol. The van der Waals surface area contributed by atoms with Gasteiger partial charge in [0.15, 0.2) is 5.78 Å². The van der Waals surface area contributed by atoms with Crippen LogP contribution in [0.25, 0.3) is 0 Å². The van der Waals surface area contributed by atoms with E-state index < -0.39 is 11.9 Å². The summed E-state index contributed by atoms with van der Waals surface area (Å²) in [5.41, 5.74) is 3.45. The van der Waals surface area contributed by atoms with Crippen molar-refractivity contribution in [3.05, 3.63) is 59.4 Å². The quantitative estimate of drug-likeness (QED) is 0.502. The molecule has 0 unspecified atom stereocenters. The molecule has 2 aromatic rings. The molecule has 1 aliphatic carbocycles. The number of carbonyl (C=O) groups is 3. The number of ketones is 1. The Kier molecular flexibility index (Phi) is 7.25. The number of hydrogen-bond donors (Lipinski definition) is 3. The number of rotatable bonds is 3. The maximum absolute atomic E-state index is 12.7. The largest absolute Gasteiger partial charge is 0.473 e. The second-order valence-corrected chi connectivity index (χ2v) is 8.10. The Morgan fingerprint density at radius 3 is 2.00 bits per heavy atom. The third-order valence-electron chi connectivity index (χ3n) is 6.17. The molecule has 1 aliphatic heterocycles. The van der Waals surface area contributed by atoms with E-state index in [0.717, 1.165) is 44.5 Å². The van der Waals surface area contributed by atoms with Gasteiger partial charge in [0, 0.05) is 31.6 Å². The number of aliphatic hydroxyl groups is 1. The van der Waals surface area contributed by atoms with Crippen LogP contribution < -0.4 is 0 Å². The number of aliphatic carboxylic acids is 2. The Morgan fingerprint density at radius 2 is 1.48 bits per heavy atom. The molecule has 2 aliphatic rings. The number of carboxylic acids is 2. The standard InChI is InChI=1S/C21H26N2O2.C2H2O4/c1-22-10-4-7-18(22)21(25)15-8-11-23(12-9-15)19-13-16-5-2-3-6-17(16)14-20(19)24;3-1(4)2(5)6/h2-7,10,15,19-20,24H,8-9,11-14H2,1H3;(H,3,4)(H,5,6)/t19-,20-;/m0./s1. The van der Waals surface area contributed by atoms with Gasteiger partial charge in [-0.3, -0.25) is 9.69 Å².